The van der Waals surface area contributed by atoms with Crippen molar-refractivity contribution in [2.24, 2.45) is 0 Å². The average molecular weight is 336 g/mol. The van der Waals surface area contributed by atoms with Gasteiger partial charge >= 0.3 is 0 Å². The van der Waals surface area contributed by atoms with Crippen LogP contribution in [0.5, 0.6) is 5.75 Å². The van der Waals surface area contributed by atoms with Crippen molar-refractivity contribution in [2.45, 2.75) is 26.7 Å². The number of benzene rings is 1. The van der Waals surface area contributed by atoms with Crippen LogP contribution in [0, 0.1) is 4.77 Å². The Balaban J connectivity index is 1.92. The molecule has 2 aromatic rings. The first-order valence-corrected chi connectivity index (χ1v) is 8.06. The van der Waals surface area contributed by atoms with Gasteiger partial charge in [0.1, 0.15) is 12.1 Å². The largest absolute Gasteiger partial charge is 0.494 e. The maximum atomic E-state index is 5.46. The van der Waals surface area contributed by atoms with E-state index in [4.69, 9.17) is 21.7 Å². The first-order valence-electron chi connectivity index (χ1n) is 7.65. The molecule has 0 saturated carbocycles. The number of rotatable bonds is 9. The molecule has 1 aromatic heterocycles. The Morgan fingerprint density at radius 3 is 2.65 bits per heavy atom. The van der Waals surface area contributed by atoms with E-state index in [0.717, 1.165) is 18.8 Å². The summed E-state index contributed by atoms with van der Waals surface area (Å²) in [5.41, 5.74) is 1.22. The third kappa shape index (κ3) is 5.16. The molecule has 0 spiro atoms. The molecule has 0 fully saturated rings. The van der Waals surface area contributed by atoms with E-state index >= 15 is 0 Å². The zero-order valence-corrected chi connectivity index (χ0v) is 14.8. The lowest BCUT2D eigenvalue weighted by molar-refractivity contribution is 0.186. The van der Waals surface area contributed by atoms with Crippen LogP contribution < -0.4 is 4.74 Å². The van der Waals surface area contributed by atoms with Gasteiger partial charge in [0.25, 0.3) is 0 Å². The molecule has 0 atom stereocenters. The van der Waals surface area contributed by atoms with Crippen LogP contribution in [-0.2, 0) is 24.5 Å². The van der Waals surface area contributed by atoms with Gasteiger partial charge in [0, 0.05) is 20.2 Å². The molecule has 0 amide bonds. The summed E-state index contributed by atoms with van der Waals surface area (Å²) in [7, 11) is 3.73. The predicted molar refractivity (Wildman–Crippen MR) is 92.0 cm³/mol. The molecule has 0 N–H and O–H groups in total. The molecule has 6 nitrogen and oxygen atoms in total. The van der Waals surface area contributed by atoms with Crippen molar-refractivity contribution in [1.29, 1.82) is 0 Å². The van der Waals surface area contributed by atoms with Crippen molar-refractivity contribution in [1.82, 2.24) is 19.2 Å². The van der Waals surface area contributed by atoms with Gasteiger partial charge in [0.2, 0.25) is 0 Å². The molecule has 0 bridgehead atoms. The number of ether oxygens (including phenoxy) is 2. The molecule has 0 aliphatic carbocycles. The summed E-state index contributed by atoms with van der Waals surface area (Å²) in [6.45, 7) is 5.48. The Bertz CT molecular complexity index is 651. The second kappa shape index (κ2) is 8.81. The molecule has 7 heteroatoms. The first kappa shape index (κ1) is 17.7. The summed E-state index contributed by atoms with van der Waals surface area (Å²) in [4.78, 5) is 2.17. The van der Waals surface area contributed by atoms with Crippen molar-refractivity contribution in [2.75, 3.05) is 27.4 Å². The highest BCUT2D eigenvalue weighted by molar-refractivity contribution is 7.71. The Hall–Kier alpha value is -1.70. The molecule has 0 unspecified atom stereocenters. The minimum atomic E-state index is 0.627. The molecule has 0 radical (unpaired) electrons. The lowest BCUT2D eigenvalue weighted by atomic mass is 10.2. The fraction of sp³-hybridized carbons (Fsp3) is 0.500. The number of aromatic nitrogens is 3. The Morgan fingerprint density at radius 2 is 2.00 bits per heavy atom. The van der Waals surface area contributed by atoms with Crippen LogP contribution in [0.15, 0.2) is 30.6 Å². The maximum Gasteiger partial charge on any atom is 0.198 e. The fourth-order valence-electron chi connectivity index (χ4n) is 2.26. The SMILES string of the molecule is CCOc1ccc(CN(C)Cn2ncn(CCOC)c2=S)cc1. The van der Waals surface area contributed by atoms with Gasteiger partial charge in [0.05, 0.1) is 19.9 Å². The Morgan fingerprint density at radius 1 is 1.26 bits per heavy atom. The summed E-state index contributed by atoms with van der Waals surface area (Å²) in [6.07, 6.45) is 1.76. The van der Waals surface area contributed by atoms with E-state index in [1.807, 2.05) is 35.4 Å². The average Bonchev–Trinajstić information content (AvgIpc) is 2.88. The minimum Gasteiger partial charge on any atom is -0.494 e. The van der Waals surface area contributed by atoms with E-state index in [2.05, 4.69) is 22.1 Å². The topological polar surface area (TPSA) is 44.5 Å². The molecule has 0 saturated heterocycles. The van der Waals surface area contributed by atoms with Crippen LogP contribution in [-0.4, -0.2) is 46.6 Å². The molecule has 23 heavy (non-hydrogen) atoms. The van der Waals surface area contributed by atoms with E-state index in [1.54, 1.807) is 13.4 Å². The molecule has 2 rings (SSSR count). The lowest BCUT2D eigenvalue weighted by Crippen LogP contribution is -2.22. The molecule has 0 aliphatic rings. The van der Waals surface area contributed by atoms with E-state index in [0.29, 0.717) is 24.7 Å². The van der Waals surface area contributed by atoms with Crippen molar-refractivity contribution >= 4 is 12.2 Å². The van der Waals surface area contributed by atoms with Gasteiger partial charge < -0.3 is 14.0 Å². The monoisotopic (exact) mass is 336 g/mol. The molecule has 1 aromatic carbocycles. The highest BCUT2D eigenvalue weighted by Gasteiger charge is 2.06. The third-order valence-corrected chi connectivity index (χ3v) is 3.84. The summed E-state index contributed by atoms with van der Waals surface area (Å²) >= 11 is 5.43. The van der Waals surface area contributed by atoms with E-state index in [9.17, 15) is 0 Å². The standard InChI is InChI=1S/C16H24N4O2S/c1-4-22-15-7-5-14(6-8-15)11-18(2)13-20-16(23)19(12-17-20)9-10-21-3/h5-8,12H,4,9-11,13H2,1-3H3. The molecule has 1 heterocycles. The summed E-state index contributed by atoms with van der Waals surface area (Å²) in [6, 6.07) is 8.16. The molecular weight excluding hydrogens is 312 g/mol. The van der Waals surface area contributed by atoms with Crippen molar-refractivity contribution < 1.29 is 9.47 Å². The second-order valence-corrected chi connectivity index (χ2v) is 5.70. The zero-order chi connectivity index (χ0) is 16.7. The van der Waals surface area contributed by atoms with Crippen molar-refractivity contribution in [3.05, 3.63) is 40.9 Å². The number of hydrogen-bond donors (Lipinski definition) is 0. The van der Waals surface area contributed by atoms with Crippen molar-refractivity contribution in [3.8, 4) is 5.75 Å². The highest BCUT2D eigenvalue weighted by atomic mass is 32.1. The lowest BCUT2D eigenvalue weighted by Gasteiger charge is -2.16. The van der Waals surface area contributed by atoms with Crippen LogP contribution in [0.2, 0.25) is 0 Å². The third-order valence-electron chi connectivity index (χ3n) is 3.40. The predicted octanol–water partition coefficient (Wildman–Crippen LogP) is 2.55. The van der Waals surface area contributed by atoms with Gasteiger partial charge in [-0.3, -0.25) is 4.90 Å². The van der Waals surface area contributed by atoms with Crippen LogP contribution in [0.4, 0.5) is 0 Å². The summed E-state index contributed by atoms with van der Waals surface area (Å²) in [5, 5.41) is 4.35. The minimum absolute atomic E-state index is 0.627. The van der Waals surface area contributed by atoms with E-state index in [1.165, 1.54) is 5.56 Å². The smallest absolute Gasteiger partial charge is 0.198 e. The van der Waals surface area contributed by atoms with Crippen LogP contribution in [0.25, 0.3) is 0 Å². The van der Waals surface area contributed by atoms with Crippen molar-refractivity contribution in [3.63, 3.8) is 0 Å². The summed E-state index contributed by atoms with van der Waals surface area (Å²) in [5.74, 6) is 0.901. The normalized spacial score (nSPS) is 11.1. The first-order chi connectivity index (χ1) is 11.1. The van der Waals surface area contributed by atoms with Gasteiger partial charge in [-0.05, 0) is 43.9 Å². The van der Waals surface area contributed by atoms with E-state index < -0.39 is 0 Å². The Kier molecular flexibility index (Phi) is 6.76. The zero-order valence-electron chi connectivity index (χ0n) is 13.9. The van der Waals surface area contributed by atoms with E-state index in [-0.39, 0.29) is 0 Å². The Labute approximate surface area is 142 Å². The van der Waals surface area contributed by atoms with Crippen LogP contribution in [0.1, 0.15) is 12.5 Å². The molecule has 126 valence electrons. The molecular formula is C16H24N4O2S. The second-order valence-electron chi connectivity index (χ2n) is 5.33. The fourth-order valence-corrected chi connectivity index (χ4v) is 2.50. The van der Waals surface area contributed by atoms with Gasteiger partial charge in [-0.25, -0.2) is 4.68 Å². The maximum absolute atomic E-state index is 5.46. The van der Waals surface area contributed by atoms with Crippen LogP contribution >= 0.6 is 12.2 Å². The highest BCUT2D eigenvalue weighted by Crippen LogP contribution is 2.13. The number of methoxy groups -OCH3 is 1. The van der Waals surface area contributed by atoms with Crippen LogP contribution in [0.3, 0.4) is 0 Å². The van der Waals surface area contributed by atoms with Gasteiger partial charge in [-0.2, -0.15) is 5.10 Å². The quantitative estimate of drug-likeness (QED) is 0.659. The number of hydrogen-bond acceptors (Lipinski definition) is 5. The van der Waals surface area contributed by atoms with Gasteiger partial charge in [-0.1, -0.05) is 12.1 Å². The molecule has 0 aliphatic heterocycles. The summed E-state index contributed by atoms with van der Waals surface area (Å²) < 4.78 is 15.0. The van der Waals surface area contributed by atoms with Gasteiger partial charge in [-0.15, -0.1) is 0 Å². The van der Waals surface area contributed by atoms with Gasteiger partial charge in [0.15, 0.2) is 4.77 Å². The number of nitrogens with zero attached hydrogens (tertiary/aromatic N) is 4.